The molecule has 92 valence electrons. The van der Waals surface area contributed by atoms with Crippen LogP contribution in [0.15, 0.2) is 0 Å². The minimum absolute atomic E-state index is 0.0282. The van der Waals surface area contributed by atoms with Gasteiger partial charge in [0.05, 0.1) is 19.1 Å². The maximum atomic E-state index is 12.3. The Hall–Kier alpha value is -0.610. The molecule has 4 heteroatoms. The molecule has 4 nitrogen and oxygen atoms in total. The standard InChI is InChI=1S/C12H22N2O2/c1-3-13-11-8-16-7-10(11)12(15)14(4-2)9-5-6-9/h9-11,13H,3-8H2,1-2H3. The number of nitrogens with one attached hydrogen (secondary N) is 1. The Bertz CT molecular complexity index is 253. The summed E-state index contributed by atoms with van der Waals surface area (Å²) in [6, 6.07) is 0.727. The highest BCUT2D eigenvalue weighted by atomic mass is 16.5. The zero-order chi connectivity index (χ0) is 11.5. The number of hydrogen-bond donors (Lipinski definition) is 1. The summed E-state index contributed by atoms with van der Waals surface area (Å²) in [6.45, 7) is 7.12. The highest BCUT2D eigenvalue weighted by Gasteiger charge is 2.40. The largest absolute Gasteiger partial charge is 0.379 e. The Morgan fingerprint density at radius 1 is 1.38 bits per heavy atom. The van der Waals surface area contributed by atoms with E-state index in [0.717, 1.165) is 13.1 Å². The Balaban J connectivity index is 1.96. The second-order valence-electron chi connectivity index (χ2n) is 4.66. The monoisotopic (exact) mass is 226 g/mol. The van der Waals surface area contributed by atoms with E-state index in [1.54, 1.807) is 0 Å². The fraction of sp³-hybridized carbons (Fsp3) is 0.917. The molecule has 1 saturated carbocycles. The summed E-state index contributed by atoms with van der Waals surface area (Å²) in [4.78, 5) is 14.4. The molecule has 1 saturated heterocycles. The predicted octanol–water partition coefficient (Wildman–Crippen LogP) is 0.622. The highest BCUT2D eigenvalue weighted by Crippen LogP contribution is 2.29. The maximum Gasteiger partial charge on any atom is 0.229 e. The van der Waals surface area contributed by atoms with Crippen LogP contribution in [0.3, 0.4) is 0 Å². The molecule has 0 spiro atoms. The van der Waals surface area contributed by atoms with E-state index in [9.17, 15) is 4.79 Å². The van der Waals surface area contributed by atoms with Crippen molar-refractivity contribution < 1.29 is 9.53 Å². The van der Waals surface area contributed by atoms with E-state index in [1.165, 1.54) is 12.8 Å². The van der Waals surface area contributed by atoms with Crippen LogP contribution in [-0.4, -0.2) is 49.2 Å². The van der Waals surface area contributed by atoms with E-state index in [2.05, 4.69) is 19.2 Å². The Kier molecular flexibility index (Phi) is 3.82. The van der Waals surface area contributed by atoms with Crippen molar-refractivity contribution >= 4 is 5.91 Å². The van der Waals surface area contributed by atoms with Gasteiger partial charge in [0.2, 0.25) is 5.91 Å². The van der Waals surface area contributed by atoms with Crippen LogP contribution in [0.25, 0.3) is 0 Å². The van der Waals surface area contributed by atoms with Crippen LogP contribution >= 0.6 is 0 Å². The quantitative estimate of drug-likeness (QED) is 0.747. The van der Waals surface area contributed by atoms with Crippen LogP contribution in [-0.2, 0) is 9.53 Å². The summed E-state index contributed by atoms with van der Waals surface area (Å²) in [5.74, 6) is 0.314. The second kappa shape index (κ2) is 5.15. The van der Waals surface area contributed by atoms with Crippen molar-refractivity contribution in [3.05, 3.63) is 0 Å². The maximum absolute atomic E-state index is 12.3. The number of hydrogen-bond acceptors (Lipinski definition) is 3. The minimum Gasteiger partial charge on any atom is -0.379 e. The Morgan fingerprint density at radius 2 is 2.12 bits per heavy atom. The summed E-state index contributed by atoms with van der Waals surface area (Å²) >= 11 is 0. The fourth-order valence-corrected chi connectivity index (χ4v) is 2.45. The molecule has 0 radical (unpaired) electrons. The minimum atomic E-state index is 0.0282. The normalized spacial score (nSPS) is 29.4. The van der Waals surface area contributed by atoms with Gasteiger partial charge < -0.3 is 15.0 Å². The predicted molar refractivity (Wildman–Crippen MR) is 62.2 cm³/mol. The Labute approximate surface area is 97.3 Å². The molecule has 2 unspecified atom stereocenters. The van der Waals surface area contributed by atoms with E-state index in [-0.39, 0.29) is 17.9 Å². The number of ether oxygens (including phenoxy) is 1. The number of carbonyl (C=O) groups excluding carboxylic acids is 1. The molecule has 1 amide bonds. The SMILES string of the molecule is CCNC1COCC1C(=O)N(CC)C1CC1. The zero-order valence-corrected chi connectivity index (χ0v) is 10.2. The van der Waals surface area contributed by atoms with Crippen LogP contribution in [0.2, 0.25) is 0 Å². The van der Waals surface area contributed by atoms with Gasteiger partial charge in [0, 0.05) is 18.6 Å². The van der Waals surface area contributed by atoms with Crippen molar-refractivity contribution in [2.45, 2.75) is 38.8 Å². The van der Waals surface area contributed by atoms with Crippen molar-refractivity contribution in [3.8, 4) is 0 Å². The van der Waals surface area contributed by atoms with Gasteiger partial charge in [0.15, 0.2) is 0 Å². The molecular formula is C12H22N2O2. The summed E-state index contributed by atoms with van der Waals surface area (Å²) in [5, 5.41) is 3.34. The number of amides is 1. The van der Waals surface area contributed by atoms with Gasteiger partial charge in [-0.1, -0.05) is 6.92 Å². The lowest BCUT2D eigenvalue weighted by Crippen LogP contribution is -2.46. The third-order valence-corrected chi connectivity index (χ3v) is 3.48. The van der Waals surface area contributed by atoms with Gasteiger partial charge in [-0.2, -0.15) is 0 Å². The molecule has 1 aliphatic carbocycles. The van der Waals surface area contributed by atoms with Crippen molar-refractivity contribution in [2.24, 2.45) is 5.92 Å². The van der Waals surface area contributed by atoms with Crippen molar-refractivity contribution in [1.29, 1.82) is 0 Å². The molecule has 0 aromatic rings. The van der Waals surface area contributed by atoms with Crippen molar-refractivity contribution in [3.63, 3.8) is 0 Å². The first-order chi connectivity index (χ1) is 7.77. The number of likely N-dealkylation sites (N-methyl/N-ethyl adjacent to an activating group) is 1. The lowest BCUT2D eigenvalue weighted by molar-refractivity contribution is -0.136. The van der Waals surface area contributed by atoms with Crippen LogP contribution in [0.5, 0.6) is 0 Å². The van der Waals surface area contributed by atoms with E-state index in [1.807, 2.05) is 4.90 Å². The van der Waals surface area contributed by atoms with E-state index >= 15 is 0 Å². The lowest BCUT2D eigenvalue weighted by atomic mass is 10.0. The van der Waals surface area contributed by atoms with Gasteiger partial charge in [-0.05, 0) is 26.3 Å². The molecule has 2 atom stereocenters. The summed E-state index contributed by atoms with van der Waals surface area (Å²) in [6.07, 6.45) is 2.36. The van der Waals surface area contributed by atoms with Crippen LogP contribution in [0, 0.1) is 5.92 Å². The summed E-state index contributed by atoms with van der Waals surface area (Å²) < 4.78 is 5.43. The molecule has 16 heavy (non-hydrogen) atoms. The molecule has 1 N–H and O–H groups in total. The summed E-state index contributed by atoms with van der Waals surface area (Å²) in [7, 11) is 0. The number of carbonyl (C=O) groups is 1. The van der Waals surface area contributed by atoms with Crippen molar-refractivity contribution in [2.75, 3.05) is 26.3 Å². The number of nitrogens with zero attached hydrogens (tertiary/aromatic N) is 1. The molecule has 0 aromatic carbocycles. The molecule has 2 aliphatic rings. The van der Waals surface area contributed by atoms with Gasteiger partial charge in [0.1, 0.15) is 0 Å². The van der Waals surface area contributed by atoms with E-state index in [0.29, 0.717) is 19.3 Å². The Morgan fingerprint density at radius 3 is 2.69 bits per heavy atom. The first-order valence-corrected chi connectivity index (χ1v) is 6.39. The van der Waals surface area contributed by atoms with Crippen LogP contribution in [0.1, 0.15) is 26.7 Å². The topological polar surface area (TPSA) is 41.6 Å². The average molecular weight is 226 g/mol. The van der Waals surface area contributed by atoms with Gasteiger partial charge in [-0.25, -0.2) is 0 Å². The van der Waals surface area contributed by atoms with Gasteiger partial charge in [0.25, 0.3) is 0 Å². The zero-order valence-electron chi connectivity index (χ0n) is 10.2. The van der Waals surface area contributed by atoms with Crippen LogP contribution < -0.4 is 5.32 Å². The molecule has 2 rings (SSSR count). The number of rotatable bonds is 5. The molecule has 1 aliphatic heterocycles. The van der Waals surface area contributed by atoms with E-state index in [4.69, 9.17) is 4.74 Å². The van der Waals surface area contributed by atoms with Gasteiger partial charge in [-0.15, -0.1) is 0 Å². The van der Waals surface area contributed by atoms with Crippen LogP contribution in [0.4, 0.5) is 0 Å². The fourth-order valence-electron chi connectivity index (χ4n) is 2.45. The molecule has 2 fully saturated rings. The summed E-state index contributed by atoms with van der Waals surface area (Å²) in [5.41, 5.74) is 0. The molecular weight excluding hydrogens is 204 g/mol. The molecule has 0 aromatic heterocycles. The lowest BCUT2D eigenvalue weighted by Gasteiger charge is -2.26. The third-order valence-electron chi connectivity index (χ3n) is 3.48. The average Bonchev–Trinajstić information content (AvgIpc) is 2.99. The van der Waals surface area contributed by atoms with Gasteiger partial charge >= 0.3 is 0 Å². The van der Waals surface area contributed by atoms with E-state index < -0.39 is 0 Å². The van der Waals surface area contributed by atoms with Gasteiger partial charge in [-0.3, -0.25) is 4.79 Å². The molecule has 0 bridgehead atoms. The first kappa shape index (κ1) is 11.9. The third kappa shape index (κ3) is 2.38. The second-order valence-corrected chi connectivity index (χ2v) is 4.66. The molecule has 1 heterocycles. The smallest absolute Gasteiger partial charge is 0.229 e. The highest BCUT2D eigenvalue weighted by molar-refractivity contribution is 5.80. The first-order valence-electron chi connectivity index (χ1n) is 6.39. The van der Waals surface area contributed by atoms with Crippen molar-refractivity contribution in [1.82, 2.24) is 10.2 Å².